The number of hydrogen-bond donors (Lipinski definition) is 1. The van der Waals surface area contributed by atoms with Crippen molar-refractivity contribution in [2.45, 2.75) is 88.1 Å². The molecule has 4 fully saturated rings. The lowest BCUT2D eigenvalue weighted by molar-refractivity contribution is -0.411. The van der Waals surface area contributed by atoms with Crippen LogP contribution in [0.15, 0.2) is 0 Å². The van der Waals surface area contributed by atoms with E-state index in [1.54, 1.807) is 0 Å². The maximum atomic E-state index is 14.2. The van der Waals surface area contributed by atoms with Crippen LogP contribution in [0.2, 0.25) is 0 Å². The predicted octanol–water partition coefficient (Wildman–Crippen LogP) is 5.50. The van der Waals surface area contributed by atoms with Crippen LogP contribution in [0.4, 0.5) is 26.3 Å². The second-order valence-electron chi connectivity index (χ2n) is 10.2. The van der Waals surface area contributed by atoms with Gasteiger partial charge in [0, 0.05) is 13.0 Å². The van der Waals surface area contributed by atoms with Crippen molar-refractivity contribution >= 4 is 10.1 Å². The normalized spacial score (nSPS) is 34.3. The number of halogens is 6. The zero-order valence-corrected chi connectivity index (χ0v) is 18.9. The summed E-state index contributed by atoms with van der Waals surface area (Å²) in [5, 5.41) is -4.40. The molecule has 4 aliphatic carbocycles. The van der Waals surface area contributed by atoms with Crippen molar-refractivity contribution in [1.29, 1.82) is 0 Å². The summed E-state index contributed by atoms with van der Waals surface area (Å²) in [7, 11) is -5.89. The Kier molecular flexibility index (Phi) is 6.72. The first kappa shape index (κ1) is 26.0. The molecule has 5 nitrogen and oxygen atoms in total. The molecule has 1 N–H and O–H groups in total. The fraction of sp³-hybridized carbons (Fsp3) is 1.00. The molecule has 4 rings (SSSR count). The van der Waals surface area contributed by atoms with E-state index in [1.165, 1.54) is 19.3 Å². The van der Waals surface area contributed by atoms with Crippen LogP contribution in [0.1, 0.15) is 65.2 Å². The summed E-state index contributed by atoms with van der Waals surface area (Å²) < 4.78 is 124. The standard InChI is InChI=1S/C20H30F6O5S/c1-16(21,17(2,22)32(27,28)29)31-20(25,26)19(23,24)4-3-5-30-12-18-9-13-6-14(10-18)8-15(7-13)11-18/h13-15H,3-12H2,1-2H3,(H,27,28,29). The van der Waals surface area contributed by atoms with Crippen LogP contribution in [0.3, 0.4) is 0 Å². The number of ether oxygens (including phenoxy) is 2. The highest BCUT2D eigenvalue weighted by Gasteiger charge is 2.67. The third-order valence-corrected chi connectivity index (χ3v) is 8.71. The van der Waals surface area contributed by atoms with Crippen molar-refractivity contribution < 1.29 is 48.8 Å². The Bertz CT molecular complexity index is 763. The predicted molar refractivity (Wildman–Crippen MR) is 102 cm³/mol. The first-order valence-corrected chi connectivity index (χ1v) is 12.2. The van der Waals surface area contributed by atoms with Gasteiger partial charge in [0.05, 0.1) is 6.61 Å². The van der Waals surface area contributed by atoms with Crippen molar-refractivity contribution in [3.05, 3.63) is 0 Å². The van der Waals surface area contributed by atoms with Gasteiger partial charge >= 0.3 is 22.1 Å². The highest BCUT2D eigenvalue weighted by Crippen LogP contribution is 2.60. The van der Waals surface area contributed by atoms with Gasteiger partial charge in [0.25, 0.3) is 10.9 Å². The lowest BCUT2D eigenvalue weighted by atomic mass is 9.50. The Morgan fingerprint density at radius 3 is 1.84 bits per heavy atom. The zero-order valence-electron chi connectivity index (χ0n) is 18.1. The van der Waals surface area contributed by atoms with Gasteiger partial charge in [-0.15, -0.1) is 0 Å². The first-order chi connectivity index (χ1) is 14.4. The second-order valence-corrected chi connectivity index (χ2v) is 11.9. The Labute approximate surface area is 184 Å². The second kappa shape index (κ2) is 8.27. The fourth-order valence-corrected chi connectivity index (χ4v) is 6.44. The molecule has 4 saturated carbocycles. The first-order valence-electron chi connectivity index (χ1n) is 10.8. The van der Waals surface area contributed by atoms with E-state index in [0.717, 1.165) is 19.3 Å². The van der Waals surface area contributed by atoms with E-state index in [4.69, 9.17) is 9.29 Å². The maximum absolute atomic E-state index is 14.2. The molecule has 188 valence electrons. The van der Waals surface area contributed by atoms with Gasteiger partial charge in [0.15, 0.2) is 0 Å². The highest BCUT2D eigenvalue weighted by atomic mass is 32.2. The SMILES string of the molecule is CC(F)(OC(F)(F)C(F)(F)CCCOCC12CC3CC(CC(C3)C1)C2)C(C)(F)S(=O)(=O)O. The summed E-state index contributed by atoms with van der Waals surface area (Å²) in [6, 6.07) is 0. The number of rotatable bonds is 11. The summed E-state index contributed by atoms with van der Waals surface area (Å²) in [4.78, 5) is 0. The van der Waals surface area contributed by atoms with Crippen molar-refractivity contribution in [1.82, 2.24) is 0 Å². The van der Waals surface area contributed by atoms with Crippen molar-refractivity contribution in [3.63, 3.8) is 0 Å². The molecular weight excluding hydrogens is 466 g/mol. The molecule has 2 unspecified atom stereocenters. The molecule has 0 radical (unpaired) electrons. The Morgan fingerprint density at radius 2 is 1.41 bits per heavy atom. The monoisotopic (exact) mass is 496 g/mol. The van der Waals surface area contributed by atoms with Gasteiger partial charge < -0.3 is 4.74 Å². The molecule has 4 aliphatic rings. The molecule has 4 bridgehead atoms. The van der Waals surface area contributed by atoms with Crippen LogP contribution < -0.4 is 0 Å². The van der Waals surface area contributed by atoms with E-state index < -0.39 is 45.8 Å². The van der Waals surface area contributed by atoms with Gasteiger partial charge in [-0.2, -0.15) is 26.0 Å². The van der Waals surface area contributed by atoms with Crippen LogP contribution >= 0.6 is 0 Å². The van der Waals surface area contributed by atoms with Crippen LogP contribution in [-0.2, 0) is 19.6 Å². The molecule has 0 aromatic heterocycles. The molecule has 12 heteroatoms. The molecule has 0 amide bonds. The third kappa shape index (κ3) is 4.93. The summed E-state index contributed by atoms with van der Waals surface area (Å²) in [5.74, 6) is -7.38. The van der Waals surface area contributed by atoms with Crippen molar-refractivity contribution in [2.75, 3.05) is 13.2 Å². The topological polar surface area (TPSA) is 72.8 Å². The summed E-state index contributed by atoms with van der Waals surface area (Å²) in [6.07, 6.45) is -0.701. The van der Waals surface area contributed by atoms with Gasteiger partial charge in [-0.05, 0) is 82.0 Å². The largest absolute Gasteiger partial charge is 0.422 e. The lowest BCUT2D eigenvalue weighted by Gasteiger charge is -2.56. The smallest absolute Gasteiger partial charge is 0.381 e. The highest BCUT2D eigenvalue weighted by molar-refractivity contribution is 7.87. The van der Waals surface area contributed by atoms with Crippen LogP contribution in [0.5, 0.6) is 0 Å². The van der Waals surface area contributed by atoms with E-state index in [9.17, 15) is 34.8 Å². The van der Waals surface area contributed by atoms with E-state index in [0.29, 0.717) is 24.4 Å². The molecule has 0 heterocycles. The Balaban J connectivity index is 1.50. The van der Waals surface area contributed by atoms with Crippen LogP contribution in [-0.4, -0.2) is 49.1 Å². The molecule has 2 atom stereocenters. The van der Waals surface area contributed by atoms with Gasteiger partial charge in [-0.25, -0.2) is 8.78 Å². The maximum Gasteiger partial charge on any atom is 0.422 e. The van der Waals surface area contributed by atoms with Crippen molar-refractivity contribution in [3.8, 4) is 0 Å². The molecule has 0 aliphatic heterocycles. The third-order valence-electron chi connectivity index (χ3n) is 7.38. The van der Waals surface area contributed by atoms with Gasteiger partial charge in [-0.3, -0.25) is 9.29 Å². The van der Waals surface area contributed by atoms with Gasteiger partial charge in [-0.1, -0.05) is 0 Å². The molecular formula is C20H30F6O5S. The van der Waals surface area contributed by atoms with E-state index in [-0.39, 0.29) is 25.9 Å². The van der Waals surface area contributed by atoms with Gasteiger partial charge in [0.1, 0.15) is 0 Å². The van der Waals surface area contributed by atoms with E-state index in [2.05, 4.69) is 4.74 Å². The molecule has 0 saturated heterocycles. The average molecular weight is 497 g/mol. The molecule has 0 aromatic carbocycles. The van der Waals surface area contributed by atoms with E-state index >= 15 is 0 Å². The minimum absolute atomic E-state index is 0.0295. The number of hydrogen-bond acceptors (Lipinski definition) is 4. The Morgan fingerprint density at radius 1 is 0.938 bits per heavy atom. The van der Waals surface area contributed by atoms with Crippen LogP contribution in [0.25, 0.3) is 0 Å². The zero-order chi connectivity index (χ0) is 24.2. The fourth-order valence-electron chi connectivity index (χ4n) is 5.93. The molecule has 0 aromatic rings. The molecule has 0 spiro atoms. The lowest BCUT2D eigenvalue weighted by Crippen LogP contribution is -2.57. The minimum atomic E-state index is -5.89. The average Bonchev–Trinajstić information content (AvgIpc) is 2.57. The van der Waals surface area contributed by atoms with Crippen molar-refractivity contribution in [2.24, 2.45) is 23.2 Å². The Hall–Kier alpha value is -0.590. The summed E-state index contributed by atoms with van der Waals surface area (Å²) in [5.41, 5.74) is 0.0295. The molecule has 32 heavy (non-hydrogen) atoms. The number of alkyl halides is 6. The van der Waals surface area contributed by atoms with Gasteiger partial charge in [0.2, 0.25) is 0 Å². The quantitative estimate of drug-likeness (QED) is 0.232. The van der Waals surface area contributed by atoms with Crippen LogP contribution in [0, 0.1) is 23.2 Å². The van der Waals surface area contributed by atoms with E-state index in [1.807, 2.05) is 0 Å². The summed E-state index contributed by atoms with van der Waals surface area (Å²) in [6.45, 7) is -0.0492. The minimum Gasteiger partial charge on any atom is -0.381 e. The summed E-state index contributed by atoms with van der Waals surface area (Å²) >= 11 is 0.